The van der Waals surface area contributed by atoms with Crippen LogP contribution in [-0.4, -0.2) is 23.0 Å². The summed E-state index contributed by atoms with van der Waals surface area (Å²) in [5.41, 5.74) is 3.97. The first kappa shape index (κ1) is 16.2. The first-order valence-electron chi connectivity index (χ1n) is 7.69. The monoisotopic (exact) mass is 296 g/mol. The van der Waals surface area contributed by atoms with Crippen molar-refractivity contribution >= 4 is 10.9 Å². The van der Waals surface area contributed by atoms with E-state index in [4.69, 9.17) is 0 Å². The highest BCUT2D eigenvalue weighted by atomic mass is 16.1. The lowest BCUT2D eigenvalue weighted by atomic mass is 10.0. The first-order chi connectivity index (χ1) is 10.6. The lowest BCUT2D eigenvalue weighted by Crippen LogP contribution is -2.28. The number of fused-ring (bicyclic) bond motifs is 1. The molecule has 2 rings (SSSR count). The maximum atomic E-state index is 12.9. The summed E-state index contributed by atoms with van der Waals surface area (Å²) in [7, 11) is 0. The van der Waals surface area contributed by atoms with Crippen molar-refractivity contribution < 1.29 is 0 Å². The summed E-state index contributed by atoms with van der Waals surface area (Å²) in [6, 6.07) is 6.07. The molecule has 0 aliphatic rings. The van der Waals surface area contributed by atoms with Gasteiger partial charge >= 0.3 is 0 Å². The SMILES string of the molecule is C=CCN(CC=C)Cc1c(C)[nH]c2ccc(CC)cc2c1=O. The molecule has 0 spiro atoms. The van der Waals surface area contributed by atoms with Crippen molar-refractivity contribution in [2.75, 3.05) is 13.1 Å². The van der Waals surface area contributed by atoms with Crippen LogP contribution in [0.15, 0.2) is 48.3 Å². The Hall–Kier alpha value is -2.13. The normalized spacial score (nSPS) is 11.0. The zero-order valence-corrected chi connectivity index (χ0v) is 13.5. The van der Waals surface area contributed by atoms with Crippen LogP contribution in [0.1, 0.15) is 23.7 Å². The summed E-state index contributed by atoms with van der Waals surface area (Å²) < 4.78 is 0. The summed E-state index contributed by atoms with van der Waals surface area (Å²) in [5.74, 6) is 0. The van der Waals surface area contributed by atoms with Crippen LogP contribution < -0.4 is 5.43 Å². The van der Waals surface area contributed by atoms with Gasteiger partial charge in [-0.25, -0.2) is 0 Å². The van der Waals surface area contributed by atoms with E-state index in [1.807, 2.05) is 31.2 Å². The molecule has 0 aliphatic heterocycles. The van der Waals surface area contributed by atoms with Crippen LogP contribution in [0.5, 0.6) is 0 Å². The van der Waals surface area contributed by atoms with Gasteiger partial charge in [0.15, 0.2) is 5.43 Å². The largest absolute Gasteiger partial charge is 0.358 e. The second kappa shape index (κ2) is 7.23. The third-order valence-corrected chi connectivity index (χ3v) is 3.94. The summed E-state index contributed by atoms with van der Waals surface area (Å²) in [6.45, 7) is 13.7. The van der Waals surface area contributed by atoms with Crippen molar-refractivity contribution in [3.8, 4) is 0 Å². The molecule has 0 amide bonds. The van der Waals surface area contributed by atoms with Crippen LogP contribution in [0.4, 0.5) is 0 Å². The Morgan fingerprint density at radius 3 is 2.50 bits per heavy atom. The highest BCUT2D eigenvalue weighted by molar-refractivity contribution is 5.80. The van der Waals surface area contributed by atoms with Gasteiger partial charge in [-0.1, -0.05) is 25.1 Å². The van der Waals surface area contributed by atoms with Crippen molar-refractivity contribution in [1.82, 2.24) is 9.88 Å². The number of nitrogens with one attached hydrogen (secondary N) is 1. The van der Waals surface area contributed by atoms with E-state index in [1.165, 1.54) is 5.56 Å². The molecule has 0 unspecified atom stereocenters. The quantitative estimate of drug-likeness (QED) is 0.793. The molecule has 2 aromatic rings. The Labute approximate surface area is 132 Å². The van der Waals surface area contributed by atoms with E-state index in [9.17, 15) is 4.79 Å². The molecule has 1 aromatic carbocycles. The van der Waals surface area contributed by atoms with Gasteiger partial charge in [-0.3, -0.25) is 9.69 Å². The summed E-state index contributed by atoms with van der Waals surface area (Å²) >= 11 is 0. The van der Waals surface area contributed by atoms with E-state index in [0.29, 0.717) is 6.54 Å². The van der Waals surface area contributed by atoms with Crippen LogP contribution in [0.3, 0.4) is 0 Å². The molecule has 1 heterocycles. The molecule has 0 bridgehead atoms. The molecule has 0 saturated heterocycles. The second-order valence-electron chi connectivity index (χ2n) is 5.56. The van der Waals surface area contributed by atoms with Crippen molar-refractivity contribution in [3.63, 3.8) is 0 Å². The minimum absolute atomic E-state index is 0.125. The molecule has 1 N–H and O–H groups in total. The summed E-state index contributed by atoms with van der Waals surface area (Å²) in [6.07, 6.45) is 4.63. The minimum Gasteiger partial charge on any atom is -0.358 e. The second-order valence-corrected chi connectivity index (χ2v) is 5.56. The van der Waals surface area contributed by atoms with Crippen LogP contribution in [0.2, 0.25) is 0 Å². The number of pyridine rings is 1. The van der Waals surface area contributed by atoms with Gasteiger partial charge in [0, 0.05) is 41.8 Å². The number of rotatable bonds is 7. The van der Waals surface area contributed by atoms with Gasteiger partial charge in [-0.2, -0.15) is 0 Å². The Bertz CT molecular complexity index is 733. The molecule has 3 nitrogen and oxygen atoms in total. The maximum absolute atomic E-state index is 12.9. The topological polar surface area (TPSA) is 36.1 Å². The number of aromatic nitrogens is 1. The molecule has 3 heteroatoms. The molecular weight excluding hydrogens is 272 g/mol. The highest BCUT2D eigenvalue weighted by Gasteiger charge is 2.12. The van der Waals surface area contributed by atoms with E-state index < -0.39 is 0 Å². The fraction of sp³-hybridized carbons (Fsp3) is 0.316. The molecule has 0 saturated carbocycles. The van der Waals surface area contributed by atoms with Crippen molar-refractivity contribution in [2.24, 2.45) is 0 Å². The van der Waals surface area contributed by atoms with E-state index in [-0.39, 0.29) is 5.43 Å². The van der Waals surface area contributed by atoms with Crippen molar-refractivity contribution in [1.29, 1.82) is 0 Å². The standard InChI is InChI=1S/C19H24N2O/c1-5-10-21(11-6-2)13-17-14(4)20-18-9-8-15(7-3)12-16(18)19(17)22/h5-6,8-9,12H,1-2,7,10-11,13H2,3-4H3,(H,20,22). The summed E-state index contributed by atoms with van der Waals surface area (Å²) in [4.78, 5) is 18.4. The van der Waals surface area contributed by atoms with Crippen LogP contribution in [0, 0.1) is 6.92 Å². The predicted molar refractivity (Wildman–Crippen MR) is 94.4 cm³/mol. The molecule has 22 heavy (non-hydrogen) atoms. The highest BCUT2D eigenvalue weighted by Crippen LogP contribution is 2.15. The van der Waals surface area contributed by atoms with Gasteiger partial charge in [-0.15, -0.1) is 13.2 Å². The molecular formula is C19H24N2O. The number of aromatic amines is 1. The molecule has 0 radical (unpaired) electrons. The van der Waals surface area contributed by atoms with Crippen LogP contribution in [0.25, 0.3) is 10.9 Å². The summed E-state index contributed by atoms with van der Waals surface area (Å²) in [5, 5.41) is 0.775. The minimum atomic E-state index is 0.125. The molecule has 0 atom stereocenters. The lowest BCUT2D eigenvalue weighted by Gasteiger charge is -2.20. The molecule has 0 aliphatic carbocycles. The fourth-order valence-corrected chi connectivity index (χ4v) is 2.70. The van der Waals surface area contributed by atoms with Gasteiger partial charge in [0.2, 0.25) is 0 Å². The zero-order chi connectivity index (χ0) is 16.1. The van der Waals surface area contributed by atoms with Gasteiger partial charge in [0.25, 0.3) is 0 Å². The number of hydrogen-bond acceptors (Lipinski definition) is 2. The van der Waals surface area contributed by atoms with Gasteiger partial charge in [0.05, 0.1) is 0 Å². The van der Waals surface area contributed by atoms with Crippen molar-refractivity contribution in [3.05, 3.63) is 70.6 Å². The Balaban J connectivity index is 2.50. The van der Waals surface area contributed by atoms with E-state index >= 15 is 0 Å². The number of aryl methyl sites for hydroxylation is 2. The number of benzene rings is 1. The third kappa shape index (κ3) is 3.37. The average molecular weight is 296 g/mol. The van der Waals surface area contributed by atoms with E-state index in [1.54, 1.807) is 0 Å². The third-order valence-electron chi connectivity index (χ3n) is 3.94. The lowest BCUT2D eigenvalue weighted by molar-refractivity contribution is 0.326. The number of hydrogen-bond donors (Lipinski definition) is 1. The average Bonchev–Trinajstić information content (AvgIpc) is 2.51. The maximum Gasteiger partial charge on any atom is 0.194 e. The number of H-pyrrole nitrogens is 1. The van der Waals surface area contributed by atoms with E-state index in [2.05, 4.69) is 36.0 Å². The van der Waals surface area contributed by atoms with Crippen LogP contribution in [-0.2, 0) is 13.0 Å². The Morgan fingerprint density at radius 1 is 1.23 bits per heavy atom. The Kier molecular flexibility index (Phi) is 5.34. The van der Waals surface area contributed by atoms with Crippen LogP contribution >= 0.6 is 0 Å². The van der Waals surface area contributed by atoms with Gasteiger partial charge in [-0.05, 0) is 31.0 Å². The smallest absolute Gasteiger partial charge is 0.194 e. The number of nitrogens with zero attached hydrogens (tertiary/aromatic N) is 1. The zero-order valence-electron chi connectivity index (χ0n) is 13.5. The van der Waals surface area contributed by atoms with E-state index in [0.717, 1.165) is 41.7 Å². The van der Waals surface area contributed by atoms with Gasteiger partial charge in [0.1, 0.15) is 0 Å². The Morgan fingerprint density at radius 2 is 1.91 bits per heavy atom. The molecule has 1 aromatic heterocycles. The molecule has 116 valence electrons. The molecule has 0 fully saturated rings. The predicted octanol–water partition coefficient (Wildman–Crippen LogP) is 3.57. The van der Waals surface area contributed by atoms with Crippen molar-refractivity contribution in [2.45, 2.75) is 26.8 Å². The van der Waals surface area contributed by atoms with Gasteiger partial charge < -0.3 is 4.98 Å². The fourth-order valence-electron chi connectivity index (χ4n) is 2.70. The first-order valence-corrected chi connectivity index (χ1v) is 7.69.